The van der Waals surface area contributed by atoms with E-state index >= 15 is 0 Å². The first kappa shape index (κ1) is 18.8. The van der Waals surface area contributed by atoms with E-state index in [-0.39, 0.29) is 18.1 Å². The molecule has 0 saturated carbocycles. The Labute approximate surface area is 161 Å². The molecule has 1 heterocycles. The maximum absolute atomic E-state index is 11.8. The summed E-state index contributed by atoms with van der Waals surface area (Å²) >= 11 is 0. The molecular formula is C20H18N4O4. The van der Waals surface area contributed by atoms with Crippen molar-refractivity contribution < 1.29 is 14.1 Å². The van der Waals surface area contributed by atoms with Gasteiger partial charge in [-0.2, -0.15) is 5.10 Å². The van der Waals surface area contributed by atoms with Crippen molar-refractivity contribution in [2.45, 2.75) is 6.92 Å². The molecule has 0 bridgehead atoms. The number of nitrogens with one attached hydrogen (secondary N) is 2. The zero-order valence-electron chi connectivity index (χ0n) is 15.1. The van der Waals surface area contributed by atoms with Gasteiger partial charge < -0.3 is 9.73 Å². The number of nitrogens with zero attached hydrogens (tertiary/aromatic N) is 2. The van der Waals surface area contributed by atoms with Crippen LogP contribution in [0.3, 0.4) is 0 Å². The van der Waals surface area contributed by atoms with Crippen molar-refractivity contribution in [3.8, 4) is 11.3 Å². The minimum absolute atomic E-state index is 0.0162. The minimum atomic E-state index is -0.463. The Hall–Kier alpha value is -3.94. The fraction of sp³-hybridized carbons (Fsp3) is 0.100. The first-order valence-electron chi connectivity index (χ1n) is 8.48. The second kappa shape index (κ2) is 8.63. The highest BCUT2D eigenvalue weighted by Crippen LogP contribution is 2.25. The molecule has 2 aromatic carbocycles. The van der Waals surface area contributed by atoms with Gasteiger partial charge in [-0.15, -0.1) is 0 Å². The van der Waals surface area contributed by atoms with Crippen LogP contribution in [-0.4, -0.2) is 23.6 Å². The number of hydrogen-bond acceptors (Lipinski definition) is 6. The van der Waals surface area contributed by atoms with Crippen molar-refractivity contribution in [3.05, 3.63) is 82.1 Å². The Kier molecular flexibility index (Phi) is 5.81. The summed E-state index contributed by atoms with van der Waals surface area (Å²) in [6.07, 6.45) is 1.37. The number of nitro groups is 1. The lowest BCUT2D eigenvalue weighted by Gasteiger charge is -2.05. The van der Waals surface area contributed by atoms with E-state index in [1.165, 1.54) is 18.3 Å². The molecule has 0 saturated heterocycles. The lowest BCUT2D eigenvalue weighted by atomic mass is 10.1. The van der Waals surface area contributed by atoms with Crippen molar-refractivity contribution in [1.82, 2.24) is 5.43 Å². The van der Waals surface area contributed by atoms with Crippen LogP contribution in [0.5, 0.6) is 0 Å². The number of furan rings is 1. The van der Waals surface area contributed by atoms with Crippen LogP contribution in [0.1, 0.15) is 11.3 Å². The third-order valence-electron chi connectivity index (χ3n) is 3.82. The summed E-state index contributed by atoms with van der Waals surface area (Å²) in [7, 11) is 0. The standard InChI is InChI=1S/C20H18N4O4/c1-14-4-2-6-16(10-14)21-13-20(25)23-22-12-18-8-9-19(28-18)15-5-3-7-17(11-15)24(26)27/h2-12,21H,13H2,1H3,(H,23,25)/b22-12+. The summed E-state index contributed by atoms with van der Waals surface area (Å²) in [5.74, 6) is 0.578. The third-order valence-corrected chi connectivity index (χ3v) is 3.82. The maximum atomic E-state index is 11.8. The van der Waals surface area contributed by atoms with Crippen LogP contribution in [0.25, 0.3) is 11.3 Å². The molecule has 3 rings (SSSR count). The number of hydrazone groups is 1. The van der Waals surface area contributed by atoms with Gasteiger partial charge in [0, 0.05) is 23.4 Å². The van der Waals surface area contributed by atoms with Gasteiger partial charge in [0.05, 0.1) is 17.7 Å². The summed E-state index contributed by atoms with van der Waals surface area (Å²) in [6.45, 7) is 2.05. The van der Waals surface area contributed by atoms with Gasteiger partial charge in [0.15, 0.2) is 0 Å². The number of benzene rings is 2. The molecule has 8 heteroatoms. The van der Waals surface area contributed by atoms with E-state index in [0.29, 0.717) is 17.1 Å². The summed E-state index contributed by atoms with van der Waals surface area (Å²) < 4.78 is 5.59. The summed E-state index contributed by atoms with van der Waals surface area (Å²) in [5.41, 5.74) is 4.93. The second-order valence-corrected chi connectivity index (χ2v) is 6.03. The van der Waals surface area contributed by atoms with E-state index in [9.17, 15) is 14.9 Å². The predicted octanol–water partition coefficient (Wildman–Crippen LogP) is 3.73. The van der Waals surface area contributed by atoms with E-state index in [2.05, 4.69) is 15.8 Å². The molecule has 1 amide bonds. The van der Waals surface area contributed by atoms with Crippen molar-refractivity contribution in [3.63, 3.8) is 0 Å². The van der Waals surface area contributed by atoms with Gasteiger partial charge in [-0.1, -0.05) is 24.3 Å². The van der Waals surface area contributed by atoms with Gasteiger partial charge in [-0.3, -0.25) is 14.9 Å². The van der Waals surface area contributed by atoms with Gasteiger partial charge in [0.1, 0.15) is 11.5 Å². The molecule has 2 N–H and O–H groups in total. The Morgan fingerprint density at radius 1 is 1.18 bits per heavy atom. The Morgan fingerprint density at radius 3 is 2.79 bits per heavy atom. The number of hydrogen-bond donors (Lipinski definition) is 2. The van der Waals surface area contributed by atoms with E-state index in [1.54, 1.807) is 24.3 Å². The summed E-state index contributed by atoms with van der Waals surface area (Å²) in [5, 5.41) is 17.7. The highest BCUT2D eigenvalue weighted by molar-refractivity contribution is 5.83. The molecule has 8 nitrogen and oxygen atoms in total. The molecule has 0 aliphatic heterocycles. The van der Waals surface area contributed by atoms with Crippen molar-refractivity contribution in [2.75, 3.05) is 11.9 Å². The Balaban J connectivity index is 1.54. The third kappa shape index (κ3) is 5.04. The van der Waals surface area contributed by atoms with Crippen LogP contribution in [-0.2, 0) is 4.79 Å². The first-order valence-corrected chi connectivity index (χ1v) is 8.48. The van der Waals surface area contributed by atoms with Gasteiger partial charge in [0.2, 0.25) is 0 Å². The number of aryl methyl sites for hydroxylation is 1. The molecule has 0 spiro atoms. The first-order chi connectivity index (χ1) is 13.5. The number of anilines is 1. The number of amides is 1. The van der Waals surface area contributed by atoms with E-state index in [4.69, 9.17) is 4.42 Å². The van der Waals surface area contributed by atoms with Crippen LogP contribution in [0, 0.1) is 17.0 Å². The number of rotatable bonds is 7. The molecule has 3 aromatic rings. The SMILES string of the molecule is Cc1cccc(NCC(=O)N/N=C/c2ccc(-c3cccc([N+](=O)[O-])c3)o2)c1. The predicted molar refractivity (Wildman–Crippen MR) is 106 cm³/mol. The fourth-order valence-corrected chi connectivity index (χ4v) is 2.49. The highest BCUT2D eigenvalue weighted by atomic mass is 16.6. The van der Waals surface area contributed by atoms with Crippen molar-refractivity contribution in [1.29, 1.82) is 0 Å². The maximum Gasteiger partial charge on any atom is 0.270 e. The molecular weight excluding hydrogens is 360 g/mol. The highest BCUT2D eigenvalue weighted by Gasteiger charge is 2.09. The van der Waals surface area contributed by atoms with E-state index < -0.39 is 4.92 Å². The molecule has 28 heavy (non-hydrogen) atoms. The number of carbonyl (C=O) groups is 1. The van der Waals surface area contributed by atoms with E-state index in [1.807, 2.05) is 31.2 Å². The molecule has 0 unspecified atom stereocenters. The average Bonchev–Trinajstić information content (AvgIpc) is 3.15. The quantitative estimate of drug-likeness (QED) is 0.370. The molecule has 142 valence electrons. The number of nitro benzene ring substituents is 1. The van der Waals surface area contributed by atoms with Gasteiger partial charge >= 0.3 is 0 Å². The Morgan fingerprint density at radius 2 is 2.00 bits per heavy atom. The van der Waals surface area contributed by atoms with E-state index in [0.717, 1.165) is 11.3 Å². The van der Waals surface area contributed by atoms with Gasteiger partial charge in [-0.05, 0) is 36.8 Å². The smallest absolute Gasteiger partial charge is 0.270 e. The van der Waals surface area contributed by atoms with Crippen LogP contribution in [0.15, 0.2) is 70.2 Å². The number of non-ortho nitro benzene ring substituents is 1. The fourth-order valence-electron chi connectivity index (χ4n) is 2.49. The van der Waals surface area contributed by atoms with Crippen LogP contribution in [0.2, 0.25) is 0 Å². The van der Waals surface area contributed by atoms with Gasteiger partial charge in [-0.25, -0.2) is 5.43 Å². The van der Waals surface area contributed by atoms with Crippen LogP contribution >= 0.6 is 0 Å². The van der Waals surface area contributed by atoms with Crippen LogP contribution < -0.4 is 10.7 Å². The molecule has 1 aromatic heterocycles. The lowest BCUT2D eigenvalue weighted by Crippen LogP contribution is -2.25. The molecule has 0 aliphatic rings. The second-order valence-electron chi connectivity index (χ2n) is 6.03. The molecule has 0 atom stereocenters. The average molecular weight is 378 g/mol. The van der Waals surface area contributed by atoms with Gasteiger partial charge in [0.25, 0.3) is 11.6 Å². The Bertz CT molecular complexity index is 1030. The van der Waals surface area contributed by atoms with Crippen molar-refractivity contribution >= 4 is 23.5 Å². The molecule has 0 fully saturated rings. The number of carbonyl (C=O) groups excluding carboxylic acids is 1. The lowest BCUT2D eigenvalue weighted by molar-refractivity contribution is -0.384. The monoisotopic (exact) mass is 378 g/mol. The zero-order valence-corrected chi connectivity index (χ0v) is 15.1. The zero-order chi connectivity index (χ0) is 19.9. The van der Waals surface area contributed by atoms with Crippen LogP contribution in [0.4, 0.5) is 11.4 Å². The molecule has 0 radical (unpaired) electrons. The minimum Gasteiger partial charge on any atom is -0.455 e. The molecule has 0 aliphatic carbocycles. The van der Waals surface area contributed by atoms with Crippen molar-refractivity contribution in [2.24, 2.45) is 5.10 Å². The largest absolute Gasteiger partial charge is 0.455 e. The topological polar surface area (TPSA) is 110 Å². The normalized spacial score (nSPS) is 10.8. The summed E-state index contributed by atoms with van der Waals surface area (Å²) in [6, 6.07) is 17.2. The summed E-state index contributed by atoms with van der Waals surface area (Å²) in [4.78, 5) is 22.2.